The van der Waals surface area contributed by atoms with E-state index >= 15 is 0 Å². The number of alkyl halides is 6. The van der Waals surface area contributed by atoms with Crippen LogP contribution in [0.3, 0.4) is 0 Å². The molecule has 0 heterocycles. The molecule has 11 heteroatoms. The number of carboxylic acid groups (broad SMARTS) is 2. The summed E-state index contributed by atoms with van der Waals surface area (Å²) in [7, 11) is 0. The van der Waals surface area contributed by atoms with Crippen LogP contribution in [0.4, 0.5) is 26.3 Å². The summed E-state index contributed by atoms with van der Waals surface area (Å²) in [5.74, 6) is -26.0. The van der Waals surface area contributed by atoms with Gasteiger partial charge in [0.2, 0.25) is 0 Å². The summed E-state index contributed by atoms with van der Waals surface area (Å²) in [4.78, 5) is 19.2. The number of hydrogen-bond donors (Lipinski definition) is 2. The maximum Gasteiger partial charge on any atom is 0.411 e. The summed E-state index contributed by atoms with van der Waals surface area (Å²) < 4.78 is 72.8. The van der Waals surface area contributed by atoms with E-state index in [-0.39, 0.29) is 17.1 Å². The van der Waals surface area contributed by atoms with E-state index < -0.39 is 29.7 Å². The second kappa shape index (κ2) is 4.50. The summed E-state index contributed by atoms with van der Waals surface area (Å²) >= 11 is 0. The normalized spacial score (nSPS) is 12.9. The second-order valence-corrected chi connectivity index (χ2v) is 2.33. The minimum atomic E-state index is -6.53. The molecule has 0 amide bonds. The van der Waals surface area contributed by atoms with E-state index in [4.69, 9.17) is 10.2 Å². The zero-order chi connectivity index (χ0) is 12.7. The molecule has 0 aromatic heterocycles. The summed E-state index contributed by atoms with van der Waals surface area (Å²) in [5, 5.41) is 15.1. The van der Waals surface area contributed by atoms with Gasteiger partial charge in [-0.1, -0.05) is 0 Å². The Labute approximate surface area is 93.7 Å². The largest absolute Gasteiger partial charge is 0.477 e. The van der Waals surface area contributed by atoms with Crippen molar-refractivity contribution in [2.75, 3.05) is 0 Å². The first kappa shape index (κ1) is 17.4. The van der Waals surface area contributed by atoms with Crippen LogP contribution in [0.1, 0.15) is 0 Å². The molecule has 0 saturated heterocycles. The van der Waals surface area contributed by atoms with Gasteiger partial charge in [0.05, 0.1) is 0 Å². The topological polar surface area (TPSA) is 74.6 Å². The SMILES string of the molecule is O=C(O)C(F)(F)C(F)(F)C(F)(F)C(=O)O.[Cu]. The fourth-order valence-corrected chi connectivity index (χ4v) is 0.466. The molecule has 0 aromatic rings. The molecular weight excluding hydrogens is 302 g/mol. The van der Waals surface area contributed by atoms with Gasteiger partial charge in [0, 0.05) is 17.1 Å². The van der Waals surface area contributed by atoms with Crippen molar-refractivity contribution in [3.63, 3.8) is 0 Å². The molecule has 0 aliphatic heterocycles. The predicted molar refractivity (Wildman–Crippen MR) is 30.1 cm³/mol. The van der Waals surface area contributed by atoms with E-state index in [2.05, 4.69) is 0 Å². The molecule has 16 heavy (non-hydrogen) atoms. The summed E-state index contributed by atoms with van der Waals surface area (Å²) in [6.45, 7) is 0. The van der Waals surface area contributed by atoms with Crippen LogP contribution < -0.4 is 0 Å². The maximum absolute atomic E-state index is 12.2. The van der Waals surface area contributed by atoms with Crippen LogP contribution in [-0.4, -0.2) is 39.9 Å². The Bertz CT molecular complexity index is 275. The number of halogens is 6. The molecule has 1 radical (unpaired) electrons. The first-order valence-electron chi connectivity index (χ1n) is 2.99. The molecule has 0 atom stereocenters. The predicted octanol–water partition coefficient (Wildman–Crippen LogP) is 1.06. The van der Waals surface area contributed by atoms with Gasteiger partial charge in [0.1, 0.15) is 0 Å². The van der Waals surface area contributed by atoms with Gasteiger partial charge in [0.15, 0.2) is 0 Å². The van der Waals surface area contributed by atoms with Crippen molar-refractivity contribution < 1.29 is 63.2 Å². The number of carbonyl (C=O) groups is 2. The van der Waals surface area contributed by atoms with Crippen molar-refractivity contribution >= 4 is 11.9 Å². The summed E-state index contributed by atoms with van der Waals surface area (Å²) in [5.41, 5.74) is 0. The smallest absolute Gasteiger partial charge is 0.411 e. The fraction of sp³-hybridized carbons (Fsp3) is 0.600. The number of aliphatic carboxylic acids is 2. The van der Waals surface area contributed by atoms with E-state index in [1.165, 1.54) is 0 Å². The van der Waals surface area contributed by atoms with Crippen molar-refractivity contribution in [2.45, 2.75) is 17.8 Å². The van der Waals surface area contributed by atoms with Crippen LogP contribution in [0, 0.1) is 0 Å². The van der Waals surface area contributed by atoms with Crippen LogP contribution in [0.5, 0.6) is 0 Å². The zero-order valence-electron chi connectivity index (χ0n) is 6.78. The van der Waals surface area contributed by atoms with Crippen molar-refractivity contribution in [3.8, 4) is 0 Å². The molecule has 0 saturated carbocycles. The summed E-state index contributed by atoms with van der Waals surface area (Å²) in [6.07, 6.45) is 0. The van der Waals surface area contributed by atoms with Gasteiger partial charge in [0.25, 0.3) is 0 Å². The van der Waals surface area contributed by atoms with E-state index in [1.54, 1.807) is 0 Å². The van der Waals surface area contributed by atoms with E-state index in [0.717, 1.165) is 0 Å². The van der Waals surface area contributed by atoms with Crippen LogP contribution in [-0.2, 0) is 26.7 Å². The molecule has 0 unspecified atom stereocenters. The third kappa shape index (κ3) is 2.24. The van der Waals surface area contributed by atoms with Gasteiger partial charge >= 0.3 is 29.7 Å². The molecule has 0 aliphatic carbocycles. The maximum atomic E-state index is 12.2. The molecule has 0 aliphatic rings. The van der Waals surface area contributed by atoms with Crippen LogP contribution in [0.25, 0.3) is 0 Å². The molecule has 0 aromatic carbocycles. The molecule has 99 valence electrons. The standard InChI is InChI=1S/C5H2F6O4.Cu/c6-3(7,1(12)13)5(10,11)4(8,9)2(14)15;/h(H,12,13)(H,14,15);. The molecule has 0 rings (SSSR count). The van der Waals surface area contributed by atoms with Crippen molar-refractivity contribution in [1.82, 2.24) is 0 Å². The van der Waals surface area contributed by atoms with E-state index in [9.17, 15) is 35.9 Å². The molecule has 2 N–H and O–H groups in total. The fourth-order valence-electron chi connectivity index (χ4n) is 0.466. The molecule has 0 fully saturated rings. The number of carboxylic acids is 2. The van der Waals surface area contributed by atoms with Crippen LogP contribution in [0.2, 0.25) is 0 Å². The van der Waals surface area contributed by atoms with E-state index in [1.807, 2.05) is 0 Å². The van der Waals surface area contributed by atoms with Gasteiger partial charge < -0.3 is 10.2 Å². The Morgan fingerprint density at radius 1 is 0.750 bits per heavy atom. The second-order valence-electron chi connectivity index (χ2n) is 2.33. The Morgan fingerprint density at radius 3 is 1.06 bits per heavy atom. The van der Waals surface area contributed by atoms with Crippen LogP contribution in [0.15, 0.2) is 0 Å². The third-order valence-electron chi connectivity index (χ3n) is 1.33. The Balaban J connectivity index is 0. The molecular formula is C5H2CuF6O4. The Kier molecular flexibility index (Phi) is 4.90. The Morgan fingerprint density at radius 2 is 0.938 bits per heavy atom. The van der Waals surface area contributed by atoms with Gasteiger partial charge in [-0.05, 0) is 0 Å². The Hall–Kier alpha value is -0.961. The van der Waals surface area contributed by atoms with Crippen molar-refractivity contribution in [1.29, 1.82) is 0 Å². The first-order chi connectivity index (χ1) is 6.39. The van der Waals surface area contributed by atoms with Gasteiger partial charge in [-0.25, -0.2) is 9.59 Å². The van der Waals surface area contributed by atoms with Crippen molar-refractivity contribution in [3.05, 3.63) is 0 Å². The quantitative estimate of drug-likeness (QED) is 0.601. The van der Waals surface area contributed by atoms with E-state index in [0.29, 0.717) is 0 Å². The number of rotatable bonds is 4. The molecule has 4 nitrogen and oxygen atoms in total. The average Bonchev–Trinajstić information content (AvgIpc) is 2.02. The van der Waals surface area contributed by atoms with Crippen molar-refractivity contribution in [2.24, 2.45) is 0 Å². The van der Waals surface area contributed by atoms with Gasteiger partial charge in [-0.2, -0.15) is 26.3 Å². The zero-order valence-corrected chi connectivity index (χ0v) is 7.72. The van der Waals surface area contributed by atoms with Crippen LogP contribution >= 0.6 is 0 Å². The average molecular weight is 304 g/mol. The summed E-state index contributed by atoms with van der Waals surface area (Å²) in [6, 6.07) is 0. The van der Waals surface area contributed by atoms with Gasteiger partial charge in [-0.15, -0.1) is 0 Å². The third-order valence-corrected chi connectivity index (χ3v) is 1.33. The monoisotopic (exact) mass is 303 g/mol. The molecule has 0 bridgehead atoms. The molecule has 0 spiro atoms. The first-order valence-corrected chi connectivity index (χ1v) is 2.99. The number of hydrogen-bond acceptors (Lipinski definition) is 2. The van der Waals surface area contributed by atoms with Gasteiger partial charge in [-0.3, -0.25) is 0 Å². The minimum Gasteiger partial charge on any atom is -0.477 e. The minimum absolute atomic E-state index is 0.